The first kappa shape index (κ1) is 22.1. The van der Waals surface area contributed by atoms with E-state index in [-0.39, 0.29) is 0 Å². The lowest BCUT2D eigenvalue weighted by molar-refractivity contribution is 0.184. The normalized spacial score (nSPS) is 12.4. The minimum Gasteiger partial charge on any atom is -0.496 e. The molecule has 1 aromatic heterocycles. The molecule has 0 saturated heterocycles. The molecule has 0 saturated carbocycles. The summed E-state index contributed by atoms with van der Waals surface area (Å²) in [5, 5.41) is 16.6. The number of aliphatic hydroxyl groups excluding tert-OH is 1. The van der Waals surface area contributed by atoms with Crippen LogP contribution in [-0.4, -0.2) is 45.5 Å². The van der Waals surface area contributed by atoms with Crippen molar-refractivity contribution in [2.45, 2.75) is 19.6 Å². The highest BCUT2D eigenvalue weighted by atomic mass is 35.5. The predicted octanol–water partition coefficient (Wildman–Crippen LogP) is 3.22. The largest absolute Gasteiger partial charge is 0.496 e. The number of benzene rings is 1. The Morgan fingerprint density at radius 2 is 1.82 bits per heavy atom. The Bertz CT molecular complexity index is 772. The number of halogens is 1. The van der Waals surface area contributed by atoms with Gasteiger partial charge in [-0.15, -0.1) is 11.3 Å². The van der Waals surface area contributed by atoms with Gasteiger partial charge >= 0.3 is 0 Å². The molecular weight excluding hydrogens is 402 g/mol. The summed E-state index contributed by atoms with van der Waals surface area (Å²) in [7, 11) is 4.77. The summed E-state index contributed by atoms with van der Waals surface area (Å²) in [6.07, 6.45) is -0.675. The van der Waals surface area contributed by atoms with Crippen LogP contribution in [0.15, 0.2) is 29.3 Å². The van der Waals surface area contributed by atoms with Gasteiger partial charge in [0.05, 0.1) is 37.8 Å². The molecule has 7 nitrogen and oxygen atoms in total. The number of guanidine groups is 1. The van der Waals surface area contributed by atoms with E-state index in [0.29, 0.717) is 47.2 Å². The van der Waals surface area contributed by atoms with E-state index >= 15 is 0 Å². The lowest BCUT2D eigenvalue weighted by atomic mass is 10.1. The van der Waals surface area contributed by atoms with Gasteiger partial charge in [-0.05, 0) is 19.1 Å². The van der Waals surface area contributed by atoms with Crippen LogP contribution in [-0.2, 0) is 6.54 Å². The first-order chi connectivity index (χ1) is 13.5. The molecule has 0 radical (unpaired) electrons. The SMILES string of the molecule is CCNC(=NCc1c(OC)cc(OC)cc1OC)NCC(O)c1ccc(Cl)s1. The van der Waals surface area contributed by atoms with Crippen LogP contribution < -0.4 is 24.8 Å². The third-order valence-electron chi connectivity index (χ3n) is 3.94. The van der Waals surface area contributed by atoms with Gasteiger partial charge in [-0.2, -0.15) is 0 Å². The highest BCUT2D eigenvalue weighted by molar-refractivity contribution is 7.16. The number of nitrogens with one attached hydrogen (secondary N) is 2. The third kappa shape index (κ3) is 5.92. The van der Waals surface area contributed by atoms with Gasteiger partial charge in [0.15, 0.2) is 5.96 Å². The summed E-state index contributed by atoms with van der Waals surface area (Å²) in [6, 6.07) is 7.17. The number of thiophene rings is 1. The van der Waals surface area contributed by atoms with Gasteiger partial charge in [-0.1, -0.05) is 11.6 Å². The highest BCUT2D eigenvalue weighted by Crippen LogP contribution is 2.34. The molecule has 0 fully saturated rings. The van der Waals surface area contributed by atoms with Crippen molar-refractivity contribution in [3.63, 3.8) is 0 Å². The molecule has 2 rings (SSSR count). The molecule has 1 unspecified atom stereocenters. The number of hydrogen-bond acceptors (Lipinski definition) is 6. The lowest BCUT2D eigenvalue weighted by Gasteiger charge is -2.16. The van der Waals surface area contributed by atoms with E-state index in [2.05, 4.69) is 15.6 Å². The van der Waals surface area contributed by atoms with Crippen LogP contribution in [0.3, 0.4) is 0 Å². The van der Waals surface area contributed by atoms with E-state index in [1.54, 1.807) is 39.5 Å². The molecule has 1 heterocycles. The fourth-order valence-corrected chi connectivity index (χ4v) is 3.58. The third-order valence-corrected chi connectivity index (χ3v) is 5.27. The minimum absolute atomic E-state index is 0.305. The van der Waals surface area contributed by atoms with Crippen LogP contribution in [0.25, 0.3) is 0 Å². The summed E-state index contributed by atoms with van der Waals surface area (Å²) >= 11 is 7.29. The Morgan fingerprint density at radius 1 is 1.14 bits per heavy atom. The second-order valence-corrected chi connectivity index (χ2v) is 7.49. The van der Waals surface area contributed by atoms with Crippen molar-refractivity contribution < 1.29 is 19.3 Å². The van der Waals surface area contributed by atoms with Crippen molar-refractivity contribution in [2.75, 3.05) is 34.4 Å². The molecule has 0 spiro atoms. The summed E-state index contributed by atoms with van der Waals surface area (Å²) in [5.74, 6) is 2.47. The van der Waals surface area contributed by atoms with Gasteiger partial charge in [-0.3, -0.25) is 0 Å². The van der Waals surface area contributed by atoms with Crippen molar-refractivity contribution in [2.24, 2.45) is 4.99 Å². The fourth-order valence-electron chi connectivity index (χ4n) is 2.53. The average Bonchev–Trinajstić information content (AvgIpc) is 3.15. The van der Waals surface area contributed by atoms with E-state index in [1.807, 2.05) is 13.0 Å². The van der Waals surface area contributed by atoms with Crippen LogP contribution in [0.2, 0.25) is 4.34 Å². The monoisotopic (exact) mass is 427 g/mol. The van der Waals surface area contributed by atoms with Crippen LogP contribution in [0.4, 0.5) is 0 Å². The number of hydrogen-bond donors (Lipinski definition) is 3. The average molecular weight is 428 g/mol. The molecule has 0 aliphatic heterocycles. The molecular formula is C19H26ClN3O4S. The van der Waals surface area contributed by atoms with E-state index in [9.17, 15) is 5.11 Å². The second-order valence-electron chi connectivity index (χ2n) is 5.74. The summed E-state index contributed by atoms with van der Waals surface area (Å²) in [5.41, 5.74) is 0.800. The van der Waals surface area contributed by atoms with E-state index in [4.69, 9.17) is 25.8 Å². The lowest BCUT2D eigenvalue weighted by Crippen LogP contribution is -2.39. The molecule has 1 atom stereocenters. The fraction of sp³-hybridized carbons (Fsp3) is 0.421. The Kier molecular flexibility index (Phi) is 8.69. The van der Waals surface area contributed by atoms with Gasteiger partial charge in [0.2, 0.25) is 0 Å². The number of aliphatic imine (C=N–C) groups is 1. The molecule has 0 aliphatic rings. The zero-order valence-corrected chi connectivity index (χ0v) is 18.0. The maximum absolute atomic E-state index is 10.3. The minimum atomic E-state index is -0.675. The maximum Gasteiger partial charge on any atom is 0.191 e. The number of rotatable bonds is 9. The van der Waals surface area contributed by atoms with Crippen LogP contribution in [0.1, 0.15) is 23.5 Å². The van der Waals surface area contributed by atoms with Gasteiger partial charge < -0.3 is 30.0 Å². The predicted molar refractivity (Wildman–Crippen MR) is 113 cm³/mol. The van der Waals surface area contributed by atoms with E-state index < -0.39 is 6.10 Å². The van der Waals surface area contributed by atoms with Gasteiger partial charge in [0, 0.05) is 30.1 Å². The van der Waals surface area contributed by atoms with E-state index in [0.717, 1.165) is 10.4 Å². The van der Waals surface area contributed by atoms with Gasteiger partial charge in [0.1, 0.15) is 23.4 Å². The van der Waals surface area contributed by atoms with Gasteiger partial charge in [-0.25, -0.2) is 4.99 Å². The standard InChI is InChI=1S/C19H26ClN3O4S/c1-5-21-19(23-11-14(24)17-6-7-18(20)28-17)22-10-13-15(26-3)8-12(25-2)9-16(13)27-4/h6-9,14,24H,5,10-11H2,1-4H3,(H2,21,22,23). The Hall–Kier alpha value is -2.16. The number of ether oxygens (including phenoxy) is 3. The van der Waals surface area contributed by atoms with E-state index in [1.165, 1.54) is 11.3 Å². The maximum atomic E-state index is 10.3. The quantitative estimate of drug-likeness (QED) is 0.421. The molecule has 2 aromatic rings. The molecule has 28 heavy (non-hydrogen) atoms. The molecule has 0 amide bonds. The zero-order valence-electron chi connectivity index (χ0n) is 16.4. The summed E-state index contributed by atoms with van der Waals surface area (Å²) < 4.78 is 16.8. The molecule has 154 valence electrons. The van der Waals surface area contributed by atoms with Crippen molar-refractivity contribution in [1.29, 1.82) is 0 Å². The van der Waals surface area contributed by atoms with Crippen LogP contribution >= 0.6 is 22.9 Å². The highest BCUT2D eigenvalue weighted by Gasteiger charge is 2.14. The van der Waals surface area contributed by atoms with Crippen LogP contribution in [0, 0.1) is 0 Å². The first-order valence-corrected chi connectivity index (χ1v) is 9.96. The Balaban J connectivity index is 2.13. The van der Waals surface area contributed by atoms with Gasteiger partial charge in [0.25, 0.3) is 0 Å². The second kappa shape index (κ2) is 11.0. The van der Waals surface area contributed by atoms with Crippen molar-refractivity contribution in [3.05, 3.63) is 39.0 Å². The Morgan fingerprint density at radius 3 is 2.32 bits per heavy atom. The van der Waals surface area contributed by atoms with Crippen molar-refractivity contribution >= 4 is 28.9 Å². The topological polar surface area (TPSA) is 84.3 Å². The molecule has 0 aliphatic carbocycles. The van der Waals surface area contributed by atoms with Crippen LogP contribution in [0.5, 0.6) is 17.2 Å². The molecule has 9 heteroatoms. The molecule has 3 N–H and O–H groups in total. The first-order valence-electron chi connectivity index (χ1n) is 8.76. The molecule has 1 aromatic carbocycles. The Labute approximate surface area is 174 Å². The number of aliphatic hydroxyl groups is 1. The number of nitrogens with zero attached hydrogens (tertiary/aromatic N) is 1. The zero-order chi connectivity index (χ0) is 20.5. The number of methoxy groups -OCH3 is 3. The van der Waals surface area contributed by atoms with Crippen molar-refractivity contribution in [1.82, 2.24) is 10.6 Å². The smallest absolute Gasteiger partial charge is 0.191 e. The summed E-state index contributed by atoms with van der Waals surface area (Å²) in [6.45, 7) is 3.29. The van der Waals surface area contributed by atoms with Crippen molar-refractivity contribution in [3.8, 4) is 17.2 Å². The summed E-state index contributed by atoms with van der Waals surface area (Å²) in [4.78, 5) is 5.39. The molecule has 0 bridgehead atoms.